The summed E-state index contributed by atoms with van der Waals surface area (Å²) in [4.78, 5) is 10.1. The molecule has 1 heterocycles. The van der Waals surface area contributed by atoms with Gasteiger partial charge in [0.25, 0.3) is 0 Å². The number of primary amides is 1. The van der Waals surface area contributed by atoms with Gasteiger partial charge in [0.15, 0.2) is 0 Å². The topological polar surface area (TPSA) is 75.5 Å². The van der Waals surface area contributed by atoms with Gasteiger partial charge in [-0.3, -0.25) is 4.79 Å². The van der Waals surface area contributed by atoms with Crippen LogP contribution >= 0.6 is 0 Å². The summed E-state index contributed by atoms with van der Waals surface area (Å²) in [5, 5.41) is 9.57. The fraction of sp³-hybridized carbons (Fsp3) is 0.625. The van der Waals surface area contributed by atoms with Gasteiger partial charge in [-0.1, -0.05) is 13.5 Å². The molecule has 1 unspecified atom stereocenters. The monoisotopic (exact) mass is 172 g/mol. The second-order valence-corrected chi connectivity index (χ2v) is 2.44. The Morgan fingerprint density at radius 3 is 2.25 bits per heavy atom. The fourth-order valence-electron chi connectivity index (χ4n) is 0.338. The van der Waals surface area contributed by atoms with Crippen LogP contribution in [-0.2, 0) is 14.6 Å². The molecular weight excluding hydrogens is 158 g/mol. The average Bonchev–Trinajstić information content (AvgIpc) is 2.86. The Hall–Kier alpha value is -0.870. The minimum atomic E-state index is -0.400. The standard InChI is InChI=1S/C5H9NO.C3H5O2/c1-3-4(2)5(6)7;4-1-3-2-5-3/h2-3H2,1H3,(H2,6,7);3H,1-2H2. The summed E-state index contributed by atoms with van der Waals surface area (Å²) in [5.74, 6) is -0.400. The first-order valence-electron chi connectivity index (χ1n) is 3.79. The molecule has 0 saturated carbocycles. The van der Waals surface area contributed by atoms with Crippen molar-refractivity contribution in [3.63, 3.8) is 0 Å². The van der Waals surface area contributed by atoms with Crippen LogP contribution < -0.4 is 5.73 Å². The summed E-state index contributed by atoms with van der Waals surface area (Å²) in [7, 11) is 0. The van der Waals surface area contributed by atoms with Gasteiger partial charge in [0.1, 0.15) is 12.7 Å². The lowest BCUT2D eigenvalue weighted by Crippen LogP contribution is -2.11. The molecule has 0 spiro atoms. The van der Waals surface area contributed by atoms with E-state index in [1.807, 2.05) is 6.92 Å². The molecule has 0 bridgehead atoms. The van der Waals surface area contributed by atoms with E-state index in [1.165, 1.54) is 0 Å². The molecule has 1 atom stereocenters. The second-order valence-electron chi connectivity index (χ2n) is 2.44. The molecule has 1 radical (unpaired) electrons. The number of nitrogens with two attached hydrogens (primary N) is 1. The Bertz CT molecular complexity index is 164. The highest BCUT2D eigenvalue weighted by molar-refractivity contribution is 5.91. The summed E-state index contributed by atoms with van der Waals surface area (Å²) in [5.41, 5.74) is 5.29. The molecule has 4 heteroatoms. The molecule has 0 aromatic carbocycles. The Morgan fingerprint density at radius 1 is 1.75 bits per heavy atom. The highest BCUT2D eigenvalue weighted by atomic mass is 16.6. The lowest BCUT2D eigenvalue weighted by atomic mass is 10.2. The van der Waals surface area contributed by atoms with Crippen LogP contribution in [0.4, 0.5) is 0 Å². The smallest absolute Gasteiger partial charge is 0.244 e. The van der Waals surface area contributed by atoms with Gasteiger partial charge in [0, 0.05) is 5.57 Å². The van der Waals surface area contributed by atoms with Crippen LogP contribution in [0.3, 0.4) is 0 Å². The minimum absolute atomic E-state index is 0.0556. The van der Waals surface area contributed by atoms with Crippen molar-refractivity contribution in [2.75, 3.05) is 13.2 Å². The molecule has 12 heavy (non-hydrogen) atoms. The zero-order valence-electron chi connectivity index (χ0n) is 7.21. The molecular formula is C8H14NO3. The summed E-state index contributed by atoms with van der Waals surface area (Å²) >= 11 is 0. The van der Waals surface area contributed by atoms with Gasteiger partial charge in [0.2, 0.25) is 5.91 Å². The number of hydrogen-bond acceptors (Lipinski definition) is 2. The lowest BCUT2D eigenvalue weighted by Gasteiger charge is -1.89. The zero-order chi connectivity index (χ0) is 9.56. The molecule has 0 aromatic heterocycles. The molecule has 1 aliphatic heterocycles. The minimum Gasteiger partial charge on any atom is -0.370 e. The third-order valence-corrected chi connectivity index (χ3v) is 1.36. The molecule has 1 amide bonds. The number of epoxide rings is 1. The Morgan fingerprint density at radius 2 is 2.25 bits per heavy atom. The average molecular weight is 172 g/mol. The number of carbonyl (C=O) groups is 1. The fourth-order valence-corrected chi connectivity index (χ4v) is 0.338. The molecule has 1 fully saturated rings. The van der Waals surface area contributed by atoms with Crippen LogP contribution in [0.5, 0.6) is 0 Å². The number of hydrogen-bond donors (Lipinski definition) is 1. The van der Waals surface area contributed by atoms with Gasteiger partial charge < -0.3 is 10.5 Å². The maximum absolute atomic E-state index is 10.1. The highest BCUT2D eigenvalue weighted by Gasteiger charge is 2.20. The predicted octanol–water partition coefficient (Wildman–Crippen LogP) is 0.254. The van der Waals surface area contributed by atoms with E-state index in [9.17, 15) is 9.90 Å². The first-order chi connectivity index (χ1) is 5.61. The molecule has 69 valence electrons. The third-order valence-electron chi connectivity index (χ3n) is 1.36. The number of amides is 1. The van der Waals surface area contributed by atoms with E-state index in [4.69, 9.17) is 5.73 Å². The van der Waals surface area contributed by atoms with Gasteiger partial charge >= 0.3 is 0 Å². The van der Waals surface area contributed by atoms with Gasteiger partial charge in [-0.05, 0) is 6.42 Å². The lowest BCUT2D eigenvalue weighted by molar-refractivity contribution is -0.114. The second kappa shape index (κ2) is 5.74. The highest BCUT2D eigenvalue weighted by Crippen LogP contribution is 2.05. The summed E-state index contributed by atoms with van der Waals surface area (Å²) in [6, 6.07) is 0. The maximum Gasteiger partial charge on any atom is 0.244 e. The first-order valence-corrected chi connectivity index (χ1v) is 3.79. The van der Waals surface area contributed by atoms with Gasteiger partial charge in [0.05, 0.1) is 6.61 Å². The summed E-state index contributed by atoms with van der Waals surface area (Å²) < 4.78 is 4.55. The van der Waals surface area contributed by atoms with Crippen LogP contribution in [0.25, 0.3) is 0 Å². The van der Waals surface area contributed by atoms with E-state index in [-0.39, 0.29) is 12.7 Å². The van der Waals surface area contributed by atoms with Crippen LogP contribution in [0, 0.1) is 0 Å². The number of ether oxygens (including phenoxy) is 1. The first kappa shape index (κ1) is 11.1. The van der Waals surface area contributed by atoms with Crippen LogP contribution in [0.1, 0.15) is 13.3 Å². The zero-order valence-corrected chi connectivity index (χ0v) is 7.21. The number of carbonyl (C=O) groups excluding carboxylic acids is 1. The molecule has 1 aliphatic rings. The SMILES string of the molecule is C=C(CC)C(N)=O.[O]CC1CO1. The van der Waals surface area contributed by atoms with E-state index >= 15 is 0 Å². The van der Waals surface area contributed by atoms with Gasteiger partial charge in [-0.2, -0.15) is 0 Å². The van der Waals surface area contributed by atoms with Crippen molar-refractivity contribution >= 4 is 5.91 Å². The predicted molar refractivity (Wildman–Crippen MR) is 43.9 cm³/mol. The number of rotatable bonds is 3. The summed E-state index contributed by atoms with van der Waals surface area (Å²) in [6.45, 7) is 5.88. The van der Waals surface area contributed by atoms with Crippen molar-refractivity contribution in [1.29, 1.82) is 0 Å². The van der Waals surface area contributed by atoms with Crippen LogP contribution in [-0.4, -0.2) is 25.2 Å². The largest absolute Gasteiger partial charge is 0.370 e. The van der Waals surface area contributed by atoms with Crippen molar-refractivity contribution < 1.29 is 14.6 Å². The van der Waals surface area contributed by atoms with E-state index in [0.717, 1.165) is 0 Å². The van der Waals surface area contributed by atoms with Crippen molar-refractivity contribution in [2.24, 2.45) is 5.73 Å². The molecule has 1 saturated heterocycles. The van der Waals surface area contributed by atoms with Crippen LogP contribution in [0.15, 0.2) is 12.2 Å². The van der Waals surface area contributed by atoms with Crippen molar-refractivity contribution in [1.82, 2.24) is 0 Å². The van der Waals surface area contributed by atoms with Crippen LogP contribution in [0.2, 0.25) is 0 Å². The Balaban J connectivity index is 0.000000211. The van der Waals surface area contributed by atoms with E-state index < -0.39 is 5.91 Å². The summed E-state index contributed by atoms with van der Waals surface area (Å²) in [6.07, 6.45) is 0.727. The molecule has 1 rings (SSSR count). The third kappa shape index (κ3) is 5.88. The maximum atomic E-state index is 10.1. The van der Waals surface area contributed by atoms with Gasteiger partial charge in [-0.15, -0.1) is 0 Å². The van der Waals surface area contributed by atoms with E-state index in [2.05, 4.69) is 11.3 Å². The Labute approximate surface area is 72.0 Å². The van der Waals surface area contributed by atoms with Gasteiger partial charge in [-0.25, -0.2) is 5.11 Å². The van der Waals surface area contributed by atoms with Crippen molar-refractivity contribution in [3.8, 4) is 0 Å². The van der Waals surface area contributed by atoms with Crippen molar-refractivity contribution in [3.05, 3.63) is 12.2 Å². The quantitative estimate of drug-likeness (QED) is 0.489. The van der Waals surface area contributed by atoms with Crippen molar-refractivity contribution in [2.45, 2.75) is 19.4 Å². The Kier molecular flexibility index (Phi) is 5.32. The molecule has 4 nitrogen and oxygen atoms in total. The molecule has 0 aliphatic carbocycles. The molecule has 2 N–H and O–H groups in total. The molecule has 0 aromatic rings. The normalized spacial score (nSPS) is 19.0. The van der Waals surface area contributed by atoms with E-state index in [1.54, 1.807) is 0 Å². The van der Waals surface area contributed by atoms with E-state index in [0.29, 0.717) is 18.6 Å².